The maximum atomic E-state index is 6.03. The molecule has 0 saturated carbocycles. The van der Waals surface area contributed by atoms with Gasteiger partial charge in [0.2, 0.25) is 5.95 Å². The standard InChI is InChI=1S/C14H25N5O/c1-3-5-16-14-17-7-11(8-18-14)9-19-6-4-12(15)13(10-19)20-2/h7-8,12-13H,3-6,9-10,15H2,1-2H3,(H,16,17,18)/t12-,13+/m1/s1. The van der Waals surface area contributed by atoms with Crippen molar-refractivity contribution in [3.8, 4) is 0 Å². The second-order valence-electron chi connectivity index (χ2n) is 5.30. The van der Waals surface area contributed by atoms with Crippen molar-refractivity contribution in [2.45, 2.75) is 38.5 Å². The summed E-state index contributed by atoms with van der Waals surface area (Å²) in [6.07, 6.45) is 5.94. The molecule has 6 nitrogen and oxygen atoms in total. The summed E-state index contributed by atoms with van der Waals surface area (Å²) in [6.45, 7) is 5.73. The highest BCUT2D eigenvalue weighted by Gasteiger charge is 2.26. The average Bonchev–Trinajstić information content (AvgIpc) is 2.48. The van der Waals surface area contributed by atoms with Gasteiger partial charge in [0.15, 0.2) is 0 Å². The number of anilines is 1. The minimum atomic E-state index is 0.121. The lowest BCUT2D eigenvalue weighted by molar-refractivity contribution is 0.0140. The largest absolute Gasteiger partial charge is 0.379 e. The molecule has 2 heterocycles. The molecule has 0 aromatic carbocycles. The van der Waals surface area contributed by atoms with Gasteiger partial charge in [-0.25, -0.2) is 9.97 Å². The van der Waals surface area contributed by atoms with Crippen LogP contribution >= 0.6 is 0 Å². The van der Waals surface area contributed by atoms with Crippen LogP contribution in [0.15, 0.2) is 12.4 Å². The number of hydrogen-bond acceptors (Lipinski definition) is 6. The fraction of sp³-hybridized carbons (Fsp3) is 0.714. The molecule has 6 heteroatoms. The van der Waals surface area contributed by atoms with Gasteiger partial charge < -0.3 is 15.8 Å². The van der Waals surface area contributed by atoms with Gasteiger partial charge in [-0.2, -0.15) is 0 Å². The fourth-order valence-electron chi connectivity index (χ4n) is 2.41. The van der Waals surface area contributed by atoms with Gasteiger partial charge in [0.1, 0.15) is 0 Å². The number of rotatable bonds is 6. The van der Waals surface area contributed by atoms with E-state index in [2.05, 4.69) is 27.1 Å². The minimum absolute atomic E-state index is 0.121. The first kappa shape index (κ1) is 15.2. The lowest BCUT2D eigenvalue weighted by Gasteiger charge is -2.35. The van der Waals surface area contributed by atoms with Crippen molar-refractivity contribution in [3.63, 3.8) is 0 Å². The lowest BCUT2D eigenvalue weighted by Crippen LogP contribution is -2.51. The van der Waals surface area contributed by atoms with Gasteiger partial charge in [-0.3, -0.25) is 4.90 Å². The van der Waals surface area contributed by atoms with E-state index in [1.165, 1.54) is 0 Å². The van der Waals surface area contributed by atoms with E-state index in [9.17, 15) is 0 Å². The molecule has 1 aromatic rings. The molecule has 3 N–H and O–H groups in total. The third-order valence-corrected chi connectivity index (χ3v) is 3.64. The molecule has 0 bridgehead atoms. The molecule has 1 aliphatic rings. The summed E-state index contributed by atoms with van der Waals surface area (Å²) in [5, 5.41) is 3.17. The number of ether oxygens (including phenoxy) is 1. The van der Waals surface area contributed by atoms with E-state index >= 15 is 0 Å². The zero-order valence-corrected chi connectivity index (χ0v) is 12.4. The van der Waals surface area contributed by atoms with Crippen LogP contribution < -0.4 is 11.1 Å². The Bertz CT molecular complexity index is 397. The minimum Gasteiger partial charge on any atom is -0.379 e. The second kappa shape index (κ2) is 7.52. The maximum Gasteiger partial charge on any atom is 0.222 e. The molecule has 2 atom stereocenters. The quantitative estimate of drug-likeness (QED) is 0.804. The van der Waals surface area contributed by atoms with Gasteiger partial charge >= 0.3 is 0 Å². The third kappa shape index (κ3) is 4.13. The molecular formula is C14H25N5O. The molecular weight excluding hydrogens is 254 g/mol. The zero-order valence-electron chi connectivity index (χ0n) is 12.4. The Morgan fingerprint density at radius 2 is 2.20 bits per heavy atom. The Labute approximate surface area is 120 Å². The van der Waals surface area contributed by atoms with Crippen LogP contribution in [0.25, 0.3) is 0 Å². The number of nitrogens with one attached hydrogen (secondary N) is 1. The summed E-state index contributed by atoms with van der Waals surface area (Å²) in [7, 11) is 1.73. The normalized spacial score (nSPS) is 23.8. The smallest absolute Gasteiger partial charge is 0.222 e. The van der Waals surface area contributed by atoms with E-state index in [-0.39, 0.29) is 12.1 Å². The van der Waals surface area contributed by atoms with Crippen molar-refractivity contribution in [1.82, 2.24) is 14.9 Å². The monoisotopic (exact) mass is 279 g/mol. The van der Waals surface area contributed by atoms with Gasteiger partial charge in [0, 0.05) is 57.3 Å². The molecule has 0 unspecified atom stereocenters. The number of nitrogens with zero attached hydrogens (tertiary/aromatic N) is 3. The zero-order chi connectivity index (χ0) is 14.4. The predicted molar refractivity (Wildman–Crippen MR) is 79.5 cm³/mol. The molecule has 0 amide bonds. The van der Waals surface area contributed by atoms with Crippen LogP contribution in [0.1, 0.15) is 25.3 Å². The highest BCUT2D eigenvalue weighted by Crippen LogP contribution is 2.14. The number of aromatic nitrogens is 2. The van der Waals surface area contributed by atoms with E-state index in [0.29, 0.717) is 5.95 Å². The van der Waals surface area contributed by atoms with E-state index in [4.69, 9.17) is 10.5 Å². The molecule has 20 heavy (non-hydrogen) atoms. The number of piperidine rings is 1. The summed E-state index contributed by atoms with van der Waals surface area (Å²) < 4.78 is 5.43. The lowest BCUT2D eigenvalue weighted by atomic mass is 10.0. The Morgan fingerprint density at radius 1 is 1.45 bits per heavy atom. The van der Waals surface area contributed by atoms with Gasteiger partial charge in [-0.05, 0) is 12.8 Å². The molecule has 1 saturated heterocycles. The number of likely N-dealkylation sites (tertiary alicyclic amines) is 1. The molecule has 0 radical (unpaired) electrons. The topological polar surface area (TPSA) is 76.3 Å². The van der Waals surface area contributed by atoms with Crippen LogP contribution in [-0.2, 0) is 11.3 Å². The van der Waals surface area contributed by atoms with Gasteiger partial charge in [-0.15, -0.1) is 0 Å². The van der Waals surface area contributed by atoms with E-state index in [1.807, 2.05) is 12.4 Å². The van der Waals surface area contributed by atoms with Crippen LogP contribution in [0.2, 0.25) is 0 Å². The van der Waals surface area contributed by atoms with Crippen LogP contribution in [-0.4, -0.2) is 53.8 Å². The molecule has 0 spiro atoms. The highest BCUT2D eigenvalue weighted by atomic mass is 16.5. The highest BCUT2D eigenvalue weighted by molar-refractivity contribution is 5.24. The Hall–Kier alpha value is -1.24. The number of nitrogens with two attached hydrogens (primary N) is 1. The Kier molecular flexibility index (Phi) is 5.70. The van der Waals surface area contributed by atoms with E-state index in [1.54, 1.807) is 7.11 Å². The maximum absolute atomic E-state index is 6.03. The van der Waals surface area contributed by atoms with E-state index < -0.39 is 0 Å². The van der Waals surface area contributed by atoms with Crippen molar-refractivity contribution in [3.05, 3.63) is 18.0 Å². The molecule has 112 valence electrons. The van der Waals surface area contributed by atoms with Crippen molar-refractivity contribution < 1.29 is 4.74 Å². The van der Waals surface area contributed by atoms with Gasteiger partial charge in [0.25, 0.3) is 0 Å². The summed E-state index contributed by atoms with van der Waals surface area (Å²) >= 11 is 0. The summed E-state index contributed by atoms with van der Waals surface area (Å²) in [5.74, 6) is 0.700. The third-order valence-electron chi connectivity index (χ3n) is 3.64. The Morgan fingerprint density at radius 3 is 2.85 bits per heavy atom. The SMILES string of the molecule is CCCNc1ncc(CN2CC[C@@H](N)[C@@H](OC)C2)cn1. The van der Waals surface area contributed by atoms with Gasteiger partial charge in [0.05, 0.1) is 6.10 Å². The number of methoxy groups -OCH3 is 1. The van der Waals surface area contributed by atoms with Crippen LogP contribution in [0.5, 0.6) is 0 Å². The second-order valence-corrected chi connectivity index (χ2v) is 5.30. The predicted octanol–water partition coefficient (Wildman–Crippen LogP) is 0.847. The molecule has 1 aromatic heterocycles. The van der Waals surface area contributed by atoms with Crippen molar-refractivity contribution in [2.24, 2.45) is 5.73 Å². The molecule has 0 aliphatic carbocycles. The van der Waals surface area contributed by atoms with Crippen molar-refractivity contribution in [2.75, 3.05) is 32.1 Å². The first-order valence-electron chi connectivity index (χ1n) is 7.28. The molecule has 1 aliphatic heterocycles. The van der Waals surface area contributed by atoms with Crippen molar-refractivity contribution in [1.29, 1.82) is 0 Å². The molecule has 2 rings (SSSR count). The average molecular weight is 279 g/mol. The van der Waals surface area contributed by atoms with Crippen LogP contribution in [0.3, 0.4) is 0 Å². The summed E-state index contributed by atoms with van der Waals surface area (Å²) in [5.41, 5.74) is 7.15. The first-order chi connectivity index (χ1) is 9.72. The van der Waals surface area contributed by atoms with Crippen molar-refractivity contribution >= 4 is 5.95 Å². The summed E-state index contributed by atoms with van der Waals surface area (Å²) in [4.78, 5) is 11.0. The van der Waals surface area contributed by atoms with Crippen LogP contribution in [0.4, 0.5) is 5.95 Å². The van der Waals surface area contributed by atoms with Gasteiger partial charge in [-0.1, -0.05) is 6.92 Å². The Balaban J connectivity index is 1.86. The number of hydrogen-bond donors (Lipinski definition) is 2. The van der Waals surface area contributed by atoms with E-state index in [0.717, 1.165) is 44.6 Å². The molecule has 1 fully saturated rings. The summed E-state index contributed by atoms with van der Waals surface area (Å²) in [6, 6.07) is 0.146. The first-order valence-corrected chi connectivity index (χ1v) is 7.28. The van der Waals surface area contributed by atoms with Crippen LogP contribution in [0, 0.1) is 0 Å². The fourth-order valence-corrected chi connectivity index (χ4v) is 2.41.